The SMILES string of the molecule is Cn1c(=O)n(C2CCC(=O)NC2=O)c2ccc(CCCOCCOCCO)cc21. The topological polar surface area (TPSA) is 112 Å². The Morgan fingerprint density at radius 1 is 1.10 bits per heavy atom. The fraction of sp³-hybridized carbons (Fsp3) is 0.550. The number of nitrogens with zero attached hydrogens (tertiary/aromatic N) is 2. The number of hydrogen-bond donors (Lipinski definition) is 2. The third-order valence-electron chi connectivity index (χ3n) is 5.04. The summed E-state index contributed by atoms with van der Waals surface area (Å²) in [5, 5.41) is 10.9. The van der Waals surface area contributed by atoms with Gasteiger partial charge in [-0.05, 0) is 37.0 Å². The monoisotopic (exact) mass is 405 g/mol. The van der Waals surface area contributed by atoms with Crippen LogP contribution in [0.15, 0.2) is 23.0 Å². The van der Waals surface area contributed by atoms with Crippen LogP contribution in [-0.2, 0) is 32.5 Å². The first-order chi connectivity index (χ1) is 14.0. The molecule has 0 spiro atoms. The third kappa shape index (κ3) is 4.92. The molecule has 2 amide bonds. The van der Waals surface area contributed by atoms with E-state index in [2.05, 4.69) is 5.32 Å². The van der Waals surface area contributed by atoms with Crippen molar-refractivity contribution in [2.45, 2.75) is 31.7 Å². The molecule has 1 fully saturated rings. The first kappa shape index (κ1) is 21.2. The number of amides is 2. The van der Waals surface area contributed by atoms with Crippen molar-refractivity contribution in [2.75, 3.05) is 33.0 Å². The van der Waals surface area contributed by atoms with Crippen LogP contribution in [0, 0.1) is 0 Å². The number of carbonyl (C=O) groups is 2. The molecule has 2 aromatic rings. The van der Waals surface area contributed by atoms with Crippen molar-refractivity contribution < 1.29 is 24.2 Å². The number of aliphatic hydroxyl groups excluding tert-OH is 1. The van der Waals surface area contributed by atoms with Crippen LogP contribution in [0.5, 0.6) is 0 Å². The average Bonchev–Trinajstić information content (AvgIpc) is 2.95. The van der Waals surface area contributed by atoms with E-state index in [9.17, 15) is 14.4 Å². The molecule has 1 aromatic heterocycles. The van der Waals surface area contributed by atoms with Crippen molar-refractivity contribution in [3.8, 4) is 0 Å². The van der Waals surface area contributed by atoms with Gasteiger partial charge in [0.1, 0.15) is 6.04 Å². The van der Waals surface area contributed by atoms with Crippen molar-refractivity contribution in [1.82, 2.24) is 14.5 Å². The molecule has 0 aliphatic carbocycles. The van der Waals surface area contributed by atoms with Crippen LogP contribution < -0.4 is 11.0 Å². The van der Waals surface area contributed by atoms with Gasteiger partial charge in [-0.2, -0.15) is 0 Å². The van der Waals surface area contributed by atoms with E-state index < -0.39 is 11.9 Å². The molecule has 29 heavy (non-hydrogen) atoms. The molecule has 0 saturated carbocycles. The summed E-state index contributed by atoms with van der Waals surface area (Å²) in [6.07, 6.45) is 2.17. The molecule has 3 rings (SSSR count). The number of imidazole rings is 1. The second-order valence-corrected chi connectivity index (χ2v) is 7.05. The van der Waals surface area contributed by atoms with Gasteiger partial charge in [-0.3, -0.25) is 24.0 Å². The fourth-order valence-electron chi connectivity index (χ4n) is 3.56. The maximum absolute atomic E-state index is 12.7. The van der Waals surface area contributed by atoms with E-state index >= 15 is 0 Å². The lowest BCUT2D eigenvalue weighted by atomic mass is 10.1. The summed E-state index contributed by atoms with van der Waals surface area (Å²) in [4.78, 5) is 36.4. The molecule has 1 unspecified atom stereocenters. The molecule has 2 heterocycles. The smallest absolute Gasteiger partial charge is 0.329 e. The Morgan fingerprint density at radius 2 is 1.86 bits per heavy atom. The van der Waals surface area contributed by atoms with Gasteiger partial charge in [0.25, 0.3) is 0 Å². The predicted molar refractivity (Wildman–Crippen MR) is 106 cm³/mol. The van der Waals surface area contributed by atoms with E-state index in [-0.39, 0.29) is 24.6 Å². The van der Waals surface area contributed by atoms with Crippen molar-refractivity contribution >= 4 is 22.8 Å². The largest absolute Gasteiger partial charge is 0.394 e. The van der Waals surface area contributed by atoms with Crippen molar-refractivity contribution in [3.63, 3.8) is 0 Å². The molecule has 9 heteroatoms. The Kier molecular flexibility index (Phi) is 7.18. The lowest BCUT2D eigenvalue weighted by Crippen LogP contribution is -2.44. The molecule has 1 aromatic carbocycles. The quantitative estimate of drug-likeness (QED) is 0.434. The highest BCUT2D eigenvalue weighted by atomic mass is 16.5. The van der Waals surface area contributed by atoms with Crippen LogP contribution in [-0.4, -0.2) is 59.1 Å². The number of ether oxygens (including phenoxy) is 2. The van der Waals surface area contributed by atoms with Crippen molar-refractivity contribution in [2.24, 2.45) is 7.05 Å². The number of aromatic nitrogens is 2. The van der Waals surface area contributed by atoms with Crippen LogP contribution in [0.25, 0.3) is 11.0 Å². The first-order valence-electron chi connectivity index (χ1n) is 9.83. The van der Waals surface area contributed by atoms with Gasteiger partial charge in [0.2, 0.25) is 11.8 Å². The number of aryl methyl sites for hydroxylation is 2. The van der Waals surface area contributed by atoms with E-state index in [0.29, 0.717) is 38.4 Å². The van der Waals surface area contributed by atoms with Gasteiger partial charge in [-0.25, -0.2) is 4.79 Å². The summed E-state index contributed by atoms with van der Waals surface area (Å²) >= 11 is 0. The van der Waals surface area contributed by atoms with E-state index in [1.54, 1.807) is 7.05 Å². The second-order valence-electron chi connectivity index (χ2n) is 7.05. The fourth-order valence-corrected chi connectivity index (χ4v) is 3.56. The summed E-state index contributed by atoms with van der Waals surface area (Å²) in [6.45, 7) is 1.87. The van der Waals surface area contributed by atoms with Gasteiger partial charge in [-0.15, -0.1) is 0 Å². The maximum atomic E-state index is 12.7. The number of nitrogens with one attached hydrogen (secondary N) is 1. The highest BCUT2D eigenvalue weighted by molar-refractivity contribution is 6.00. The zero-order valence-corrected chi connectivity index (χ0v) is 16.6. The van der Waals surface area contributed by atoms with E-state index in [1.165, 1.54) is 9.13 Å². The molecule has 1 saturated heterocycles. The van der Waals surface area contributed by atoms with Gasteiger partial charge < -0.3 is 14.6 Å². The average molecular weight is 405 g/mol. The minimum atomic E-state index is -0.670. The summed E-state index contributed by atoms with van der Waals surface area (Å²) in [6, 6.07) is 5.10. The number of hydrogen-bond acceptors (Lipinski definition) is 6. The van der Waals surface area contributed by atoms with Gasteiger partial charge in [-0.1, -0.05) is 6.07 Å². The molecule has 1 atom stereocenters. The van der Waals surface area contributed by atoms with Crippen LogP contribution >= 0.6 is 0 Å². The lowest BCUT2D eigenvalue weighted by Gasteiger charge is -2.21. The Labute approximate surface area is 168 Å². The highest BCUT2D eigenvalue weighted by Crippen LogP contribution is 2.24. The molecule has 9 nitrogen and oxygen atoms in total. The summed E-state index contributed by atoms with van der Waals surface area (Å²) in [7, 11) is 1.69. The van der Waals surface area contributed by atoms with Crippen molar-refractivity contribution in [3.05, 3.63) is 34.2 Å². The summed E-state index contributed by atoms with van der Waals surface area (Å²) < 4.78 is 13.6. The number of rotatable bonds is 10. The van der Waals surface area contributed by atoms with E-state index in [4.69, 9.17) is 14.6 Å². The third-order valence-corrected chi connectivity index (χ3v) is 5.04. The standard InChI is InChI=1S/C20H27N3O6/c1-22-17-13-14(3-2-9-28-11-12-29-10-8-24)4-5-15(17)23(20(22)27)16-6-7-18(25)21-19(16)26/h4-5,13,16,24H,2-3,6-12H2,1H3,(H,21,25,26). The van der Waals surface area contributed by atoms with Gasteiger partial charge in [0, 0.05) is 20.1 Å². The second kappa shape index (κ2) is 9.82. The molecule has 0 bridgehead atoms. The molecule has 1 aliphatic rings. The minimum Gasteiger partial charge on any atom is -0.394 e. The molecular weight excluding hydrogens is 378 g/mol. The number of aliphatic hydroxyl groups is 1. The Hall–Kier alpha value is -2.49. The highest BCUT2D eigenvalue weighted by Gasteiger charge is 2.31. The minimum absolute atomic E-state index is 0.0102. The van der Waals surface area contributed by atoms with Crippen LogP contribution in [0.3, 0.4) is 0 Å². The van der Waals surface area contributed by atoms with Crippen LogP contribution in [0.4, 0.5) is 0 Å². The molecule has 0 radical (unpaired) electrons. The Balaban J connectivity index is 1.65. The first-order valence-corrected chi connectivity index (χ1v) is 9.83. The van der Waals surface area contributed by atoms with E-state index in [0.717, 1.165) is 23.9 Å². The Morgan fingerprint density at radius 3 is 2.59 bits per heavy atom. The zero-order chi connectivity index (χ0) is 20.8. The predicted octanol–water partition coefficient (Wildman–Crippen LogP) is 0.276. The molecular formula is C20H27N3O6. The molecule has 1 aliphatic heterocycles. The maximum Gasteiger partial charge on any atom is 0.329 e. The Bertz CT molecular complexity index is 932. The van der Waals surface area contributed by atoms with Crippen molar-refractivity contribution in [1.29, 1.82) is 0 Å². The van der Waals surface area contributed by atoms with E-state index in [1.807, 2.05) is 18.2 Å². The summed E-state index contributed by atoms with van der Waals surface area (Å²) in [5.74, 6) is -0.732. The van der Waals surface area contributed by atoms with Gasteiger partial charge in [0.15, 0.2) is 0 Å². The number of benzene rings is 1. The number of imide groups is 1. The van der Waals surface area contributed by atoms with Crippen LogP contribution in [0.2, 0.25) is 0 Å². The van der Waals surface area contributed by atoms with Gasteiger partial charge >= 0.3 is 5.69 Å². The number of fused-ring (bicyclic) bond motifs is 1. The molecule has 158 valence electrons. The number of piperidine rings is 1. The number of carbonyl (C=O) groups excluding carboxylic acids is 2. The summed E-state index contributed by atoms with van der Waals surface area (Å²) in [5.41, 5.74) is 2.26. The normalized spacial score (nSPS) is 17.1. The molecule has 2 N–H and O–H groups in total. The zero-order valence-electron chi connectivity index (χ0n) is 16.6. The lowest BCUT2D eigenvalue weighted by molar-refractivity contribution is -0.135. The van der Waals surface area contributed by atoms with Crippen LogP contribution in [0.1, 0.15) is 30.9 Å². The van der Waals surface area contributed by atoms with Gasteiger partial charge in [0.05, 0.1) is 37.5 Å².